The molecule has 0 heterocycles. The molecule has 0 aromatic heterocycles. The van der Waals surface area contributed by atoms with E-state index in [1.165, 1.54) is 36.4 Å². The van der Waals surface area contributed by atoms with Crippen molar-refractivity contribution < 1.29 is 18.8 Å². The Hall–Kier alpha value is -2.67. The van der Waals surface area contributed by atoms with Gasteiger partial charge in [0.05, 0.1) is 9.95 Å². The quantitative estimate of drug-likeness (QED) is 0.687. The van der Waals surface area contributed by atoms with Gasteiger partial charge >= 0.3 is 6.09 Å². The summed E-state index contributed by atoms with van der Waals surface area (Å²) in [6.07, 6.45) is -0.783. The second-order valence-corrected chi connectivity index (χ2v) is 4.58. The van der Waals surface area contributed by atoms with Gasteiger partial charge < -0.3 is 10.1 Å². The molecule has 8 heteroatoms. The van der Waals surface area contributed by atoms with Crippen molar-refractivity contribution in [3.05, 3.63) is 69.0 Å². The number of halogens is 2. The number of carbonyl (C=O) groups is 1. The molecule has 0 bridgehead atoms. The van der Waals surface area contributed by atoms with E-state index in [0.29, 0.717) is 5.56 Å². The number of nitro benzene ring substituents is 1. The highest BCUT2D eigenvalue weighted by atomic mass is 35.5. The maximum atomic E-state index is 13.2. The normalized spacial score (nSPS) is 10.1. The highest BCUT2D eigenvalue weighted by Gasteiger charge is 2.10. The number of hydrogen-bond acceptors (Lipinski definition) is 4. The Morgan fingerprint density at radius 2 is 1.95 bits per heavy atom. The van der Waals surface area contributed by atoms with E-state index < -0.39 is 16.8 Å². The molecule has 0 fully saturated rings. The van der Waals surface area contributed by atoms with Crippen LogP contribution in [0, 0.1) is 15.9 Å². The number of ether oxygens (including phenoxy) is 1. The van der Waals surface area contributed by atoms with Gasteiger partial charge in [-0.05, 0) is 23.8 Å². The maximum Gasteiger partial charge on any atom is 0.412 e. The van der Waals surface area contributed by atoms with Gasteiger partial charge in [-0.2, -0.15) is 0 Å². The van der Waals surface area contributed by atoms with E-state index in [-0.39, 0.29) is 23.0 Å². The summed E-state index contributed by atoms with van der Waals surface area (Å²) in [5, 5.41) is 12.8. The van der Waals surface area contributed by atoms with E-state index in [4.69, 9.17) is 16.3 Å². The fourth-order valence-corrected chi connectivity index (χ4v) is 1.82. The molecule has 22 heavy (non-hydrogen) atoms. The molecule has 0 unspecified atom stereocenters. The SMILES string of the molecule is O=C(NCc1cccc(F)c1Cl)Oc1ccc([N+](=O)[O-])cc1. The van der Waals surface area contributed by atoms with Crippen LogP contribution in [0.3, 0.4) is 0 Å². The van der Waals surface area contributed by atoms with E-state index in [9.17, 15) is 19.3 Å². The molecular formula is C14H10ClFN2O4. The topological polar surface area (TPSA) is 81.5 Å². The molecule has 2 aromatic rings. The zero-order chi connectivity index (χ0) is 16.1. The second-order valence-electron chi connectivity index (χ2n) is 4.21. The maximum absolute atomic E-state index is 13.2. The van der Waals surface area contributed by atoms with Crippen LogP contribution >= 0.6 is 11.6 Å². The van der Waals surface area contributed by atoms with E-state index in [2.05, 4.69) is 5.32 Å². The van der Waals surface area contributed by atoms with Crippen LogP contribution in [0.25, 0.3) is 0 Å². The van der Waals surface area contributed by atoms with Crippen LogP contribution in [-0.4, -0.2) is 11.0 Å². The number of nitrogens with one attached hydrogen (secondary N) is 1. The van der Waals surface area contributed by atoms with Gasteiger partial charge in [-0.1, -0.05) is 23.7 Å². The molecule has 1 N–H and O–H groups in total. The molecule has 0 saturated carbocycles. The molecule has 2 rings (SSSR count). The van der Waals surface area contributed by atoms with Gasteiger partial charge in [0.15, 0.2) is 0 Å². The molecule has 0 aliphatic rings. The summed E-state index contributed by atoms with van der Waals surface area (Å²) in [7, 11) is 0. The van der Waals surface area contributed by atoms with E-state index in [1.807, 2.05) is 0 Å². The summed E-state index contributed by atoms with van der Waals surface area (Å²) in [5.74, 6) is -0.432. The van der Waals surface area contributed by atoms with E-state index in [0.717, 1.165) is 0 Å². The average molecular weight is 325 g/mol. The minimum atomic E-state index is -0.783. The molecule has 0 saturated heterocycles. The van der Waals surface area contributed by atoms with Crippen LogP contribution in [0.1, 0.15) is 5.56 Å². The van der Waals surface area contributed by atoms with Crippen molar-refractivity contribution in [3.63, 3.8) is 0 Å². The summed E-state index contributed by atoms with van der Waals surface area (Å²) in [6, 6.07) is 9.27. The molecule has 2 aromatic carbocycles. The summed E-state index contributed by atoms with van der Waals surface area (Å²) in [6.45, 7) is -0.0115. The first-order chi connectivity index (χ1) is 10.5. The summed E-state index contributed by atoms with van der Waals surface area (Å²) >= 11 is 5.75. The van der Waals surface area contributed by atoms with Crippen LogP contribution in [-0.2, 0) is 6.54 Å². The monoisotopic (exact) mass is 324 g/mol. The lowest BCUT2D eigenvalue weighted by Crippen LogP contribution is -2.26. The van der Waals surface area contributed by atoms with Crippen LogP contribution in [0.5, 0.6) is 5.75 Å². The lowest BCUT2D eigenvalue weighted by atomic mass is 10.2. The molecule has 6 nitrogen and oxygen atoms in total. The Labute approximate surface area is 129 Å². The molecular weight excluding hydrogens is 315 g/mol. The first kappa shape index (κ1) is 15.7. The molecule has 0 spiro atoms. The predicted molar refractivity (Wildman–Crippen MR) is 77.4 cm³/mol. The van der Waals surface area contributed by atoms with Gasteiger partial charge in [-0.15, -0.1) is 0 Å². The number of rotatable bonds is 4. The molecule has 0 aliphatic heterocycles. The standard InChI is InChI=1S/C14H10ClFN2O4/c15-13-9(2-1-3-12(13)16)8-17-14(19)22-11-6-4-10(5-7-11)18(20)21/h1-7H,8H2,(H,17,19). The minimum Gasteiger partial charge on any atom is -0.410 e. The molecule has 0 atom stereocenters. The Balaban J connectivity index is 1.93. The largest absolute Gasteiger partial charge is 0.412 e. The average Bonchev–Trinajstić information content (AvgIpc) is 2.49. The van der Waals surface area contributed by atoms with E-state index >= 15 is 0 Å². The number of benzene rings is 2. The Bertz CT molecular complexity index is 706. The van der Waals surface area contributed by atoms with Gasteiger partial charge in [-0.25, -0.2) is 9.18 Å². The fraction of sp³-hybridized carbons (Fsp3) is 0.0714. The van der Waals surface area contributed by atoms with Gasteiger partial charge in [0.2, 0.25) is 0 Å². The predicted octanol–water partition coefficient (Wildman–Crippen LogP) is 3.68. The summed E-state index contributed by atoms with van der Waals surface area (Å²) < 4.78 is 18.2. The number of nitrogens with zero attached hydrogens (tertiary/aromatic N) is 1. The zero-order valence-electron chi connectivity index (χ0n) is 11.1. The molecule has 1 amide bonds. The third kappa shape index (κ3) is 3.92. The highest BCUT2D eigenvalue weighted by Crippen LogP contribution is 2.20. The summed E-state index contributed by atoms with van der Waals surface area (Å²) in [4.78, 5) is 21.5. The van der Waals surface area contributed by atoms with Crippen molar-refractivity contribution in [2.45, 2.75) is 6.54 Å². The van der Waals surface area contributed by atoms with Crippen molar-refractivity contribution in [2.75, 3.05) is 0 Å². The van der Waals surface area contributed by atoms with Crippen LogP contribution in [0.2, 0.25) is 5.02 Å². The highest BCUT2D eigenvalue weighted by molar-refractivity contribution is 6.31. The number of amides is 1. The lowest BCUT2D eigenvalue weighted by Gasteiger charge is -2.08. The first-order valence-electron chi connectivity index (χ1n) is 6.10. The number of non-ortho nitro benzene ring substituents is 1. The zero-order valence-corrected chi connectivity index (χ0v) is 11.8. The van der Waals surface area contributed by atoms with Crippen LogP contribution in [0.4, 0.5) is 14.9 Å². The van der Waals surface area contributed by atoms with Crippen molar-refractivity contribution in [1.82, 2.24) is 5.32 Å². The number of carbonyl (C=O) groups excluding carboxylic acids is 1. The smallest absolute Gasteiger partial charge is 0.410 e. The first-order valence-corrected chi connectivity index (χ1v) is 6.48. The number of hydrogen-bond donors (Lipinski definition) is 1. The van der Waals surface area contributed by atoms with Crippen LogP contribution in [0.15, 0.2) is 42.5 Å². The van der Waals surface area contributed by atoms with Gasteiger partial charge in [0.25, 0.3) is 5.69 Å². The molecule has 0 aliphatic carbocycles. The third-order valence-corrected chi connectivity index (χ3v) is 3.14. The van der Waals surface area contributed by atoms with E-state index in [1.54, 1.807) is 6.07 Å². The van der Waals surface area contributed by atoms with Gasteiger partial charge in [0, 0.05) is 18.7 Å². The Morgan fingerprint density at radius 1 is 1.27 bits per heavy atom. The third-order valence-electron chi connectivity index (χ3n) is 2.71. The van der Waals surface area contributed by atoms with Crippen molar-refractivity contribution in [1.29, 1.82) is 0 Å². The van der Waals surface area contributed by atoms with Gasteiger partial charge in [0.1, 0.15) is 11.6 Å². The Morgan fingerprint density at radius 3 is 2.59 bits per heavy atom. The van der Waals surface area contributed by atoms with Crippen molar-refractivity contribution in [3.8, 4) is 5.75 Å². The van der Waals surface area contributed by atoms with Gasteiger partial charge in [-0.3, -0.25) is 10.1 Å². The lowest BCUT2D eigenvalue weighted by molar-refractivity contribution is -0.384. The molecule has 0 radical (unpaired) electrons. The van der Waals surface area contributed by atoms with Crippen molar-refractivity contribution in [2.24, 2.45) is 0 Å². The second kappa shape index (κ2) is 6.86. The summed E-state index contributed by atoms with van der Waals surface area (Å²) in [5.41, 5.74) is 0.293. The molecule has 114 valence electrons. The Kier molecular flexibility index (Phi) is 4.90. The van der Waals surface area contributed by atoms with Crippen LogP contribution < -0.4 is 10.1 Å². The van der Waals surface area contributed by atoms with Crippen molar-refractivity contribution >= 4 is 23.4 Å². The minimum absolute atomic E-state index is 0.0115. The number of nitro groups is 1. The fourth-order valence-electron chi connectivity index (χ4n) is 1.63.